The van der Waals surface area contributed by atoms with Gasteiger partial charge in [0.25, 0.3) is 0 Å². The predicted molar refractivity (Wildman–Crippen MR) is 77.2 cm³/mol. The number of nitrogens with zero attached hydrogens (tertiary/aromatic N) is 3. The number of rotatable bonds is 1. The number of hydrogen-bond acceptors (Lipinski definition) is 3. The largest absolute Gasteiger partial charge is 0.375 e. The lowest BCUT2D eigenvalue weighted by Gasteiger charge is -2.32. The molecule has 1 atom stereocenters. The Labute approximate surface area is 120 Å². The van der Waals surface area contributed by atoms with Crippen molar-refractivity contribution in [2.75, 3.05) is 13.1 Å². The van der Waals surface area contributed by atoms with Crippen molar-refractivity contribution in [3.05, 3.63) is 34.6 Å². The lowest BCUT2D eigenvalue weighted by molar-refractivity contribution is 0.375. The second-order valence-electron chi connectivity index (χ2n) is 5.87. The second kappa shape index (κ2) is 5.55. The molecule has 1 fully saturated rings. The molecule has 0 saturated carbocycles. The molecule has 0 spiro atoms. The second-order valence-corrected chi connectivity index (χ2v) is 5.87. The molecule has 0 aromatic carbocycles. The Morgan fingerprint density at radius 1 is 1.05 bits per heavy atom. The van der Waals surface area contributed by atoms with Crippen LogP contribution in [0.1, 0.15) is 38.5 Å². The highest BCUT2D eigenvalue weighted by atomic mass is 15.1. The van der Waals surface area contributed by atoms with Gasteiger partial charge >= 0.3 is 0 Å². The first-order chi connectivity index (χ1) is 9.81. The van der Waals surface area contributed by atoms with E-state index in [2.05, 4.69) is 17.1 Å². The fourth-order valence-corrected chi connectivity index (χ4v) is 3.56. The zero-order valence-electron chi connectivity index (χ0n) is 11.7. The Bertz CT molecular complexity index is 558. The van der Waals surface area contributed by atoms with Crippen LogP contribution in [0.15, 0.2) is 34.6 Å². The predicted octanol–water partition coefficient (Wildman–Crippen LogP) is 3.44. The summed E-state index contributed by atoms with van der Waals surface area (Å²) in [5.41, 5.74) is 4.02. The lowest BCUT2D eigenvalue weighted by atomic mass is 9.78. The molecule has 2 aliphatic carbocycles. The average molecular weight is 265 g/mol. The van der Waals surface area contributed by atoms with Crippen molar-refractivity contribution >= 4 is 0 Å². The highest BCUT2D eigenvalue weighted by Gasteiger charge is 2.26. The minimum Gasteiger partial charge on any atom is -0.375 e. The van der Waals surface area contributed by atoms with E-state index in [1.54, 1.807) is 0 Å². The molecule has 1 heterocycles. The summed E-state index contributed by atoms with van der Waals surface area (Å²) < 4.78 is 0. The Kier molecular flexibility index (Phi) is 3.61. The van der Waals surface area contributed by atoms with Gasteiger partial charge in [0, 0.05) is 18.8 Å². The minimum absolute atomic E-state index is 0.289. The number of hydrogen-bond donors (Lipinski definition) is 0. The number of allylic oxidation sites excluding steroid dienone is 6. The van der Waals surface area contributed by atoms with Gasteiger partial charge in [-0.1, -0.05) is 6.08 Å². The van der Waals surface area contributed by atoms with E-state index in [1.165, 1.54) is 50.0 Å². The minimum atomic E-state index is 0.289. The van der Waals surface area contributed by atoms with Crippen molar-refractivity contribution in [2.24, 2.45) is 5.92 Å². The first kappa shape index (κ1) is 13.0. The maximum atomic E-state index is 9.02. The van der Waals surface area contributed by atoms with Crippen molar-refractivity contribution in [1.29, 1.82) is 10.5 Å². The third-order valence-electron chi connectivity index (χ3n) is 4.71. The fourth-order valence-electron chi connectivity index (χ4n) is 3.56. The molecule has 1 aliphatic heterocycles. The van der Waals surface area contributed by atoms with Gasteiger partial charge in [0.15, 0.2) is 0 Å². The summed E-state index contributed by atoms with van der Waals surface area (Å²) in [6, 6.07) is 4.05. The van der Waals surface area contributed by atoms with Crippen LogP contribution in [0, 0.1) is 28.6 Å². The van der Waals surface area contributed by atoms with E-state index in [-0.39, 0.29) is 5.57 Å². The van der Waals surface area contributed by atoms with Gasteiger partial charge in [-0.2, -0.15) is 10.5 Å². The summed E-state index contributed by atoms with van der Waals surface area (Å²) in [7, 11) is 0. The van der Waals surface area contributed by atoms with Crippen LogP contribution in [0.4, 0.5) is 0 Å². The molecule has 3 aliphatic rings. The molecule has 0 aromatic heterocycles. The van der Waals surface area contributed by atoms with Crippen LogP contribution in [0.25, 0.3) is 0 Å². The van der Waals surface area contributed by atoms with Gasteiger partial charge < -0.3 is 4.90 Å². The normalized spacial score (nSPS) is 25.2. The van der Waals surface area contributed by atoms with E-state index >= 15 is 0 Å². The summed E-state index contributed by atoms with van der Waals surface area (Å²) >= 11 is 0. The molecule has 0 radical (unpaired) electrons. The quantitative estimate of drug-likeness (QED) is 0.682. The summed E-state index contributed by atoms with van der Waals surface area (Å²) in [6.45, 7) is 2.38. The third-order valence-corrected chi connectivity index (χ3v) is 4.71. The zero-order valence-corrected chi connectivity index (χ0v) is 11.7. The first-order valence-electron chi connectivity index (χ1n) is 7.52. The van der Waals surface area contributed by atoms with Gasteiger partial charge in [-0.3, -0.25) is 0 Å². The Morgan fingerprint density at radius 3 is 2.45 bits per heavy atom. The smallest absolute Gasteiger partial charge is 0.132 e. The van der Waals surface area contributed by atoms with Crippen LogP contribution in [0.5, 0.6) is 0 Å². The molecule has 0 bridgehead atoms. The molecule has 3 nitrogen and oxygen atoms in total. The maximum absolute atomic E-state index is 9.02. The van der Waals surface area contributed by atoms with Crippen molar-refractivity contribution in [3.8, 4) is 12.1 Å². The van der Waals surface area contributed by atoms with Crippen LogP contribution >= 0.6 is 0 Å². The van der Waals surface area contributed by atoms with Gasteiger partial charge in [-0.05, 0) is 61.7 Å². The van der Waals surface area contributed by atoms with E-state index in [9.17, 15) is 0 Å². The summed E-state index contributed by atoms with van der Waals surface area (Å²) in [4.78, 5) is 2.50. The monoisotopic (exact) mass is 265 g/mol. The standard InChI is InChI=1S/C17H19N3/c18-11-16(12-19)14-4-3-13-5-6-17(10-15(13)9-14)20-7-1-2-8-20/h9-10,13H,1-8H2/t13-/m0/s1. The molecule has 3 heteroatoms. The van der Waals surface area contributed by atoms with E-state index in [0.717, 1.165) is 18.4 Å². The number of nitriles is 2. The van der Waals surface area contributed by atoms with Crippen molar-refractivity contribution in [2.45, 2.75) is 38.5 Å². The molecular weight excluding hydrogens is 246 g/mol. The Balaban J connectivity index is 1.91. The summed E-state index contributed by atoms with van der Waals surface area (Å²) in [5, 5.41) is 18.0. The fraction of sp³-hybridized carbons (Fsp3) is 0.529. The SMILES string of the molecule is N#CC(C#N)=C1C=C2C=C(N3CCCC3)CC[C@@H]2CC1. The molecule has 0 unspecified atom stereocenters. The van der Waals surface area contributed by atoms with Crippen molar-refractivity contribution < 1.29 is 0 Å². The third kappa shape index (κ3) is 2.37. The van der Waals surface area contributed by atoms with E-state index < -0.39 is 0 Å². The van der Waals surface area contributed by atoms with Crippen molar-refractivity contribution in [3.63, 3.8) is 0 Å². The molecule has 3 rings (SSSR count). The molecule has 1 saturated heterocycles. The molecule has 0 amide bonds. The molecule has 0 aromatic rings. The number of fused-ring (bicyclic) bond motifs is 1. The van der Waals surface area contributed by atoms with Crippen LogP contribution in [0.2, 0.25) is 0 Å². The first-order valence-corrected chi connectivity index (χ1v) is 7.52. The zero-order chi connectivity index (χ0) is 13.9. The highest BCUT2D eigenvalue weighted by molar-refractivity contribution is 5.49. The van der Waals surface area contributed by atoms with E-state index in [0.29, 0.717) is 5.92 Å². The van der Waals surface area contributed by atoms with Gasteiger partial charge in [-0.15, -0.1) is 0 Å². The van der Waals surface area contributed by atoms with Gasteiger partial charge in [0.2, 0.25) is 0 Å². The van der Waals surface area contributed by atoms with Crippen LogP contribution < -0.4 is 0 Å². The molecule has 0 N–H and O–H groups in total. The van der Waals surface area contributed by atoms with Crippen molar-refractivity contribution in [1.82, 2.24) is 4.90 Å². The molecule has 20 heavy (non-hydrogen) atoms. The van der Waals surface area contributed by atoms with Crippen LogP contribution in [0.3, 0.4) is 0 Å². The summed E-state index contributed by atoms with van der Waals surface area (Å²) in [6.07, 6.45) is 11.4. The van der Waals surface area contributed by atoms with E-state index in [1.807, 2.05) is 12.1 Å². The van der Waals surface area contributed by atoms with E-state index in [4.69, 9.17) is 10.5 Å². The van der Waals surface area contributed by atoms with Crippen LogP contribution in [-0.4, -0.2) is 18.0 Å². The Hall–Kier alpha value is -2.00. The van der Waals surface area contributed by atoms with Crippen LogP contribution in [-0.2, 0) is 0 Å². The lowest BCUT2D eigenvalue weighted by Crippen LogP contribution is -2.23. The highest BCUT2D eigenvalue weighted by Crippen LogP contribution is 2.39. The average Bonchev–Trinajstić information content (AvgIpc) is 3.02. The van der Waals surface area contributed by atoms with Gasteiger partial charge in [0.1, 0.15) is 17.7 Å². The summed E-state index contributed by atoms with van der Waals surface area (Å²) in [5.74, 6) is 0.628. The Morgan fingerprint density at radius 2 is 1.75 bits per heavy atom. The maximum Gasteiger partial charge on any atom is 0.132 e. The number of likely N-dealkylation sites (tertiary alicyclic amines) is 1. The van der Waals surface area contributed by atoms with Gasteiger partial charge in [0.05, 0.1) is 0 Å². The topological polar surface area (TPSA) is 50.8 Å². The molecular formula is C17H19N3. The molecule has 102 valence electrons. The van der Waals surface area contributed by atoms with Gasteiger partial charge in [-0.25, -0.2) is 0 Å².